The second kappa shape index (κ2) is 10.2. The number of likely N-dealkylation sites (tertiary alicyclic amines) is 1. The van der Waals surface area contributed by atoms with E-state index >= 15 is 0 Å². The predicted molar refractivity (Wildman–Crippen MR) is 159 cm³/mol. The zero-order valence-corrected chi connectivity index (χ0v) is 24.6. The Balaban J connectivity index is 1.56. The van der Waals surface area contributed by atoms with Crippen LogP contribution in [0.25, 0.3) is 0 Å². The molecule has 0 aliphatic carbocycles. The van der Waals surface area contributed by atoms with E-state index in [4.69, 9.17) is 4.74 Å². The third-order valence-corrected chi connectivity index (χ3v) is 9.45. The van der Waals surface area contributed by atoms with Gasteiger partial charge in [0.2, 0.25) is 17.7 Å². The maximum Gasteiger partial charge on any atom is 0.249 e. The van der Waals surface area contributed by atoms with Crippen molar-refractivity contribution in [1.29, 1.82) is 0 Å². The van der Waals surface area contributed by atoms with Gasteiger partial charge in [-0.15, -0.1) is 0 Å². The summed E-state index contributed by atoms with van der Waals surface area (Å²) in [4.78, 5) is 49.2. The highest BCUT2D eigenvalue weighted by Gasteiger charge is 2.76. The first-order valence-corrected chi connectivity index (χ1v) is 14.8. The Labute approximate surface area is 247 Å². The maximum atomic E-state index is 14.9. The van der Waals surface area contributed by atoms with Crippen molar-refractivity contribution in [2.75, 3.05) is 24.6 Å². The Morgan fingerprint density at radius 3 is 2.14 bits per heavy atom. The minimum atomic E-state index is -1.39. The van der Waals surface area contributed by atoms with Crippen LogP contribution in [0.5, 0.6) is 0 Å². The van der Waals surface area contributed by atoms with Crippen molar-refractivity contribution in [2.45, 2.75) is 62.9 Å². The number of ether oxygens (including phenoxy) is 1. The summed E-state index contributed by atoms with van der Waals surface area (Å²) in [6.07, 6.45) is 8.09. The van der Waals surface area contributed by atoms with Crippen molar-refractivity contribution >= 4 is 23.4 Å². The third-order valence-electron chi connectivity index (χ3n) is 9.45. The number of aliphatic hydroxyl groups is 1. The van der Waals surface area contributed by atoms with Crippen molar-refractivity contribution in [3.63, 3.8) is 0 Å². The Kier molecular flexibility index (Phi) is 6.90. The van der Waals surface area contributed by atoms with Gasteiger partial charge in [-0.2, -0.15) is 0 Å². The molecule has 8 nitrogen and oxygen atoms in total. The largest absolute Gasteiger partial charge is 0.394 e. The summed E-state index contributed by atoms with van der Waals surface area (Å²) in [7, 11) is 0. The van der Waals surface area contributed by atoms with E-state index < -0.39 is 40.7 Å². The zero-order chi connectivity index (χ0) is 29.9. The van der Waals surface area contributed by atoms with Crippen LogP contribution >= 0.6 is 0 Å². The molecule has 8 heteroatoms. The van der Waals surface area contributed by atoms with Crippen LogP contribution in [0.1, 0.15) is 45.7 Å². The van der Waals surface area contributed by atoms with Gasteiger partial charge >= 0.3 is 0 Å². The summed E-state index contributed by atoms with van der Waals surface area (Å²) in [5.41, 5.74) is -1.55. The smallest absolute Gasteiger partial charge is 0.249 e. The molecule has 2 fully saturated rings. The SMILES string of the molecule is CC[C@]12C=CCN(c3ccccc3)C(=O)[C@H]1[C@H]1C(=O)N([C@H](CO)c3ccccc3)C3C(=O)N(C(C)(C)C)CC=C[C@@]31O2. The first-order valence-electron chi connectivity index (χ1n) is 14.8. The minimum absolute atomic E-state index is 0.207. The maximum absolute atomic E-state index is 14.9. The molecular formula is C34H39N3O5. The molecule has 220 valence electrons. The highest BCUT2D eigenvalue weighted by Crippen LogP contribution is 2.60. The minimum Gasteiger partial charge on any atom is -0.394 e. The molecule has 4 heterocycles. The lowest BCUT2D eigenvalue weighted by atomic mass is 9.73. The standard InChI is InChI=1S/C34H39N3O5/c1-5-33-18-12-20-35(24-16-10-7-11-17-24)29(39)26(33)27-30(40)37(25(22-38)23-14-8-6-9-15-23)28-31(41)36(32(2,3)4)21-13-19-34(27,28)42-33/h6-19,25-28,38H,5,20-22H2,1-4H3/t25-,26-,27+,28?,33+,34+/m1/s1. The van der Waals surface area contributed by atoms with E-state index in [-0.39, 0.29) is 24.3 Å². The van der Waals surface area contributed by atoms with E-state index in [1.807, 2.05) is 113 Å². The van der Waals surface area contributed by atoms with E-state index in [0.717, 1.165) is 5.69 Å². The highest BCUT2D eigenvalue weighted by atomic mass is 16.5. The van der Waals surface area contributed by atoms with Gasteiger partial charge in [0, 0.05) is 24.3 Å². The third kappa shape index (κ3) is 4.07. The number of aliphatic hydroxyl groups excluding tert-OH is 1. The molecule has 0 bridgehead atoms. The number of carbonyl (C=O) groups is 3. The molecule has 0 saturated carbocycles. The fraction of sp³-hybridized carbons (Fsp3) is 0.441. The quantitative estimate of drug-likeness (QED) is 0.552. The second-order valence-electron chi connectivity index (χ2n) is 12.7. The lowest BCUT2D eigenvalue weighted by Crippen LogP contribution is -2.59. The van der Waals surface area contributed by atoms with Crippen molar-refractivity contribution in [3.05, 3.63) is 90.5 Å². The Bertz CT molecular complexity index is 1430. The molecule has 1 spiro atoms. The summed E-state index contributed by atoms with van der Waals surface area (Å²) >= 11 is 0. The summed E-state index contributed by atoms with van der Waals surface area (Å²) in [6, 6.07) is 16.8. The molecule has 6 atom stereocenters. The number of amides is 3. The molecule has 4 aliphatic heterocycles. The molecule has 0 aromatic heterocycles. The van der Waals surface area contributed by atoms with Crippen molar-refractivity contribution in [1.82, 2.24) is 9.80 Å². The van der Waals surface area contributed by atoms with Gasteiger partial charge in [-0.1, -0.05) is 79.8 Å². The van der Waals surface area contributed by atoms with E-state index in [9.17, 15) is 19.5 Å². The van der Waals surface area contributed by atoms with Crippen LogP contribution in [0, 0.1) is 11.8 Å². The molecule has 3 amide bonds. The van der Waals surface area contributed by atoms with Crippen molar-refractivity contribution in [2.24, 2.45) is 11.8 Å². The lowest BCUT2D eigenvalue weighted by Gasteiger charge is -2.43. The first-order chi connectivity index (χ1) is 20.1. The zero-order valence-electron chi connectivity index (χ0n) is 24.6. The van der Waals surface area contributed by atoms with Crippen LogP contribution in [-0.2, 0) is 19.1 Å². The Morgan fingerprint density at radius 1 is 0.881 bits per heavy atom. The van der Waals surface area contributed by atoms with Gasteiger partial charge < -0.3 is 24.5 Å². The van der Waals surface area contributed by atoms with Crippen LogP contribution in [0.15, 0.2) is 85.0 Å². The van der Waals surface area contributed by atoms with E-state index in [2.05, 4.69) is 0 Å². The van der Waals surface area contributed by atoms with Crippen LogP contribution in [0.2, 0.25) is 0 Å². The van der Waals surface area contributed by atoms with Gasteiger partial charge in [0.15, 0.2) is 0 Å². The van der Waals surface area contributed by atoms with Crippen LogP contribution in [0.4, 0.5) is 5.69 Å². The number of hydrogen-bond donors (Lipinski definition) is 1. The molecule has 1 unspecified atom stereocenters. The molecule has 2 aromatic carbocycles. The van der Waals surface area contributed by atoms with Gasteiger partial charge in [-0.25, -0.2) is 0 Å². The van der Waals surface area contributed by atoms with Crippen molar-refractivity contribution in [3.8, 4) is 0 Å². The van der Waals surface area contributed by atoms with Crippen LogP contribution in [-0.4, -0.2) is 75.1 Å². The number of para-hydroxylation sites is 1. The van der Waals surface area contributed by atoms with Gasteiger partial charge in [-0.3, -0.25) is 14.4 Å². The number of rotatable bonds is 5. The predicted octanol–water partition coefficient (Wildman–Crippen LogP) is 3.88. The van der Waals surface area contributed by atoms with Crippen LogP contribution in [0.3, 0.4) is 0 Å². The highest BCUT2D eigenvalue weighted by molar-refractivity contribution is 6.04. The summed E-state index contributed by atoms with van der Waals surface area (Å²) in [5.74, 6) is -2.63. The average molecular weight is 570 g/mol. The lowest BCUT2D eigenvalue weighted by molar-refractivity contribution is -0.158. The average Bonchev–Trinajstić information content (AvgIpc) is 3.26. The molecule has 1 N–H and O–H groups in total. The van der Waals surface area contributed by atoms with E-state index in [1.54, 1.807) is 9.80 Å². The fourth-order valence-electron chi connectivity index (χ4n) is 7.51. The second-order valence-corrected chi connectivity index (χ2v) is 12.7. The van der Waals surface area contributed by atoms with Gasteiger partial charge in [0.1, 0.15) is 11.6 Å². The van der Waals surface area contributed by atoms with Crippen molar-refractivity contribution < 1.29 is 24.2 Å². The first kappa shape index (κ1) is 28.4. The molecule has 0 radical (unpaired) electrons. The summed E-state index contributed by atoms with van der Waals surface area (Å²) in [6.45, 7) is 8.17. The Morgan fingerprint density at radius 2 is 1.52 bits per heavy atom. The summed E-state index contributed by atoms with van der Waals surface area (Å²) < 4.78 is 7.08. The van der Waals surface area contributed by atoms with E-state index in [1.165, 1.54) is 4.90 Å². The molecule has 2 saturated heterocycles. The van der Waals surface area contributed by atoms with Crippen LogP contribution < -0.4 is 4.90 Å². The number of nitrogens with zero attached hydrogens (tertiary/aromatic N) is 3. The Hall–Kier alpha value is -3.75. The molecule has 2 aromatic rings. The number of anilines is 1. The fourth-order valence-corrected chi connectivity index (χ4v) is 7.51. The van der Waals surface area contributed by atoms with Gasteiger partial charge in [-0.05, 0) is 44.9 Å². The number of carbonyl (C=O) groups excluding carboxylic acids is 3. The molecule has 42 heavy (non-hydrogen) atoms. The molecular weight excluding hydrogens is 530 g/mol. The van der Waals surface area contributed by atoms with Gasteiger partial charge in [0.05, 0.1) is 30.1 Å². The number of hydrogen-bond acceptors (Lipinski definition) is 5. The monoisotopic (exact) mass is 569 g/mol. The normalized spacial score (nSPS) is 31.5. The summed E-state index contributed by atoms with van der Waals surface area (Å²) in [5, 5.41) is 10.7. The topological polar surface area (TPSA) is 90.4 Å². The van der Waals surface area contributed by atoms with E-state index in [0.29, 0.717) is 25.1 Å². The number of benzene rings is 2. The molecule has 6 rings (SSSR count). The van der Waals surface area contributed by atoms with Gasteiger partial charge in [0.25, 0.3) is 0 Å². The molecule has 4 aliphatic rings. The number of fused-ring (bicyclic) bond motifs is 2.